The van der Waals surface area contributed by atoms with E-state index >= 15 is 0 Å². The van der Waals surface area contributed by atoms with Crippen LogP contribution in [0.2, 0.25) is 0 Å². The van der Waals surface area contributed by atoms with Crippen molar-refractivity contribution in [2.75, 3.05) is 13.1 Å². The Labute approximate surface area is 123 Å². The number of halogens is 1. The average molecular weight is 287 g/mol. The molecule has 5 heteroatoms. The van der Waals surface area contributed by atoms with Gasteiger partial charge in [0.15, 0.2) is 0 Å². The lowest BCUT2D eigenvalue weighted by Crippen LogP contribution is -2.33. The lowest BCUT2D eigenvalue weighted by Gasteiger charge is -2.22. The Hall–Kier alpha value is -2.27. The van der Waals surface area contributed by atoms with Crippen LogP contribution in [-0.2, 0) is 6.54 Å². The number of benzene rings is 1. The summed E-state index contributed by atoms with van der Waals surface area (Å²) in [6.45, 7) is 1.54. The molecule has 0 spiro atoms. The van der Waals surface area contributed by atoms with Crippen LogP contribution in [0.4, 0.5) is 4.39 Å². The summed E-state index contributed by atoms with van der Waals surface area (Å²) in [7, 11) is 0. The summed E-state index contributed by atoms with van der Waals surface area (Å²) in [4.78, 5) is 18.0. The zero-order valence-electron chi connectivity index (χ0n) is 11.7. The molecule has 0 aliphatic carbocycles. The van der Waals surface area contributed by atoms with Gasteiger partial charge in [0.2, 0.25) is 0 Å². The van der Waals surface area contributed by atoms with Gasteiger partial charge in [0.25, 0.3) is 5.91 Å². The summed E-state index contributed by atoms with van der Waals surface area (Å²) < 4.78 is 12.9. The summed E-state index contributed by atoms with van der Waals surface area (Å²) in [5.41, 5.74) is 6.80. The summed E-state index contributed by atoms with van der Waals surface area (Å²) >= 11 is 0. The van der Waals surface area contributed by atoms with Crippen LogP contribution in [0.25, 0.3) is 0 Å². The molecule has 0 aliphatic heterocycles. The summed E-state index contributed by atoms with van der Waals surface area (Å²) in [5, 5.41) is 0. The predicted molar refractivity (Wildman–Crippen MR) is 79.0 cm³/mol. The number of hydrogen-bond donors (Lipinski definition) is 1. The van der Waals surface area contributed by atoms with E-state index in [2.05, 4.69) is 4.98 Å². The molecule has 2 aromatic rings. The van der Waals surface area contributed by atoms with Crippen molar-refractivity contribution in [1.29, 1.82) is 0 Å². The van der Waals surface area contributed by atoms with Gasteiger partial charge in [-0.1, -0.05) is 30.3 Å². The van der Waals surface area contributed by atoms with E-state index in [1.807, 2.05) is 30.3 Å². The van der Waals surface area contributed by atoms with Crippen molar-refractivity contribution >= 4 is 5.91 Å². The fraction of sp³-hybridized carbons (Fsp3) is 0.250. The monoisotopic (exact) mass is 287 g/mol. The quantitative estimate of drug-likeness (QED) is 0.886. The lowest BCUT2D eigenvalue weighted by atomic mass is 10.2. The highest BCUT2D eigenvalue weighted by molar-refractivity contribution is 5.92. The first-order valence-electron chi connectivity index (χ1n) is 6.85. The van der Waals surface area contributed by atoms with E-state index in [9.17, 15) is 9.18 Å². The first-order valence-corrected chi connectivity index (χ1v) is 6.85. The number of rotatable bonds is 6. The van der Waals surface area contributed by atoms with Crippen molar-refractivity contribution in [1.82, 2.24) is 9.88 Å². The lowest BCUT2D eigenvalue weighted by molar-refractivity contribution is 0.0736. The van der Waals surface area contributed by atoms with E-state index in [0.29, 0.717) is 26.1 Å². The maximum atomic E-state index is 12.9. The van der Waals surface area contributed by atoms with Gasteiger partial charge in [-0.15, -0.1) is 0 Å². The Kier molecular flexibility index (Phi) is 5.40. The van der Waals surface area contributed by atoms with Gasteiger partial charge in [-0.25, -0.2) is 9.37 Å². The average Bonchev–Trinajstić information content (AvgIpc) is 2.52. The molecule has 2 N–H and O–H groups in total. The van der Waals surface area contributed by atoms with Gasteiger partial charge in [0, 0.05) is 13.1 Å². The van der Waals surface area contributed by atoms with E-state index < -0.39 is 5.82 Å². The van der Waals surface area contributed by atoms with Crippen LogP contribution < -0.4 is 5.73 Å². The first-order chi connectivity index (χ1) is 10.2. The maximum Gasteiger partial charge on any atom is 0.272 e. The molecule has 0 atom stereocenters. The number of nitrogens with two attached hydrogens (primary N) is 1. The van der Waals surface area contributed by atoms with Crippen LogP contribution in [0.1, 0.15) is 22.5 Å². The molecule has 0 saturated carbocycles. The van der Waals surface area contributed by atoms with E-state index in [1.165, 1.54) is 12.1 Å². The van der Waals surface area contributed by atoms with Crippen molar-refractivity contribution in [3.8, 4) is 0 Å². The minimum atomic E-state index is -0.455. The fourth-order valence-electron chi connectivity index (χ4n) is 2.00. The molecule has 21 heavy (non-hydrogen) atoms. The number of aromatic nitrogens is 1. The van der Waals surface area contributed by atoms with Crippen LogP contribution >= 0.6 is 0 Å². The second-order valence-electron chi connectivity index (χ2n) is 4.72. The van der Waals surface area contributed by atoms with Gasteiger partial charge in [-0.05, 0) is 30.7 Å². The molecule has 1 aromatic heterocycles. The Bertz CT molecular complexity index is 572. The summed E-state index contributed by atoms with van der Waals surface area (Å²) in [6, 6.07) is 12.3. The van der Waals surface area contributed by atoms with E-state index in [1.54, 1.807) is 4.90 Å². The third-order valence-corrected chi connectivity index (χ3v) is 3.08. The van der Waals surface area contributed by atoms with Crippen LogP contribution in [0, 0.1) is 5.82 Å². The highest BCUT2D eigenvalue weighted by atomic mass is 19.1. The third kappa shape index (κ3) is 4.36. The molecule has 0 aliphatic rings. The van der Waals surface area contributed by atoms with Crippen molar-refractivity contribution in [2.45, 2.75) is 13.0 Å². The molecule has 1 heterocycles. The van der Waals surface area contributed by atoms with Crippen molar-refractivity contribution in [3.05, 3.63) is 65.7 Å². The van der Waals surface area contributed by atoms with Crippen LogP contribution in [0.5, 0.6) is 0 Å². The first kappa shape index (κ1) is 15.1. The maximum absolute atomic E-state index is 12.9. The molecule has 1 amide bonds. The normalized spacial score (nSPS) is 10.4. The Morgan fingerprint density at radius 2 is 1.95 bits per heavy atom. The van der Waals surface area contributed by atoms with Gasteiger partial charge in [-0.2, -0.15) is 0 Å². The number of carbonyl (C=O) groups is 1. The van der Waals surface area contributed by atoms with Gasteiger partial charge >= 0.3 is 0 Å². The van der Waals surface area contributed by atoms with Crippen LogP contribution in [-0.4, -0.2) is 28.9 Å². The second kappa shape index (κ2) is 7.50. The molecule has 110 valence electrons. The number of hydrogen-bond acceptors (Lipinski definition) is 3. The molecule has 0 fully saturated rings. The molecular weight excluding hydrogens is 269 g/mol. The smallest absolute Gasteiger partial charge is 0.272 e. The molecular formula is C16H18FN3O. The molecule has 2 rings (SSSR count). The zero-order chi connectivity index (χ0) is 15.1. The number of nitrogens with zero attached hydrogens (tertiary/aromatic N) is 2. The van der Waals surface area contributed by atoms with Crippen LogP contribution in [0.15, 0.2) is 48.7 Å². The summed E-state index contributed by atoms with van der Waals surface area (Å²) in [5.74, 6) is -0.671. The molecule has 0 unspecified atom stereocenters. The van der Waals surface area contributed by atoms with Crippen molar-refractivity contribution < 1.29 is 9.18 Å². The van der Waals surface area contributed by atoms with Gasteiger partial charge in [0.1, 0.15) is 11.5 Å². The molecule has 0 saturated heterocycles. The fourth-order valence-corrected chi connectivity index (χ4v) is 2.00. The van der Waals surface area contributed by atoms with Crippen LogP contribution in [0.3, 0.4) is 0 Å². The zero-order valence-corrected chi connectivity index (χ0v) is 11.7. The minimum Gasteiger partial charge on any atom is -0.333 e. The highest BCUT2D eigenvalue weighted by Gasteiger charge is 2.17. The minimum absolute atomic E-state index is 0.215. The molecule has 0 radical (unpaired) electrons. The van der Waals surface area contributed by atoms with Crippen molar-refractivity contribution in [3.63, 3.8) is 0 Å². The molecule has 0 bridgehead atoms. The van der Waals surface area contributed by atoms with E-state index in [0.717, 1.165) is 11.8 Å². The largest absolute Gasteiger partial charge is 0.333 e. The summed E-state index contributed by atoms with van der Waals surface area (Å²) in [6.07, 6.45) is 1.76. The molecule has 1 aromatic carbocycles. The van der Waals surface area contributed by atoms with E-state index in [4.69, 9.17) is 5.73 Å². The highest BCUT2D eigenvalue weighted by Crippen LogP contribution is 2.10. The van der Waals surface area contributed by atoms with Gasteiger partial charge < -0.3 is 10.6 Å². The van der Waals surface area contributed by atoms with Gasteiger partial charge in [0.05, 0.1) is 6.20 Å². The predicted octanol–water partition coefficient (Wildman–Crippen LogP) is 2.21. The van der Waals surface area contributed by atoms with Gasteiger partial charge in [-0.3, -0.25) is 4.79 Å². The third-order valence-electron chi connectivity index (χ3n) is 3.08. The topological polar surface area (TPSA) is 59.2 Å². The second-order valence-corrected chi connectivity index (χ2v) is 4.72. The Morgan fingerprint density at radius 3 is 2.57 bits per heavy atom. The number of carbonyl (C=O) groups excluding carboxylic acids is 1. The van der Waals surface area contributed by atoms with Crippen molar-refractivity contribution in [2.24, 2.45) is 5.73 Å². The number of amides is 1. The standard InChI is InChI=1S/C16H18FN3O/c17-14-7-8-15(19-11-14)16(21)20(10-4-9-18)12-13-5-2-1-3-6-13/h1-3,5-8,11H,4,9-10,12,18H2. The van der Waals surface area contributed by atoms with E-state index in [-0.39, 0.29) is 11.6 Å². The molecule has 4 nitrogen and oxygen atoms in total. The Morgan fingerprint density at radius 1 is 1.19 bits per heavy atom. The number of pyridine rings is 1. The SMILES string of the molecule is NCCCN(Cc1ccccc1)C(=O)c1ccc(F)cn1. The Balaban J connectivity index is 2.14.